The van der Waals surface area contributed by atoms with Gasteiger partial charge in [0, 0.05) is 12.1 Å². The zero-order valence-corrected chi connectivity index (χ0v) is 11.8. The number of nitrogens with zero attached hydrogens (tertiary/aromatic N) is 1. The van der Waals surface area contributed by atoms with E-state index in [1.165, 1.54) is 11.8 Å². The zero-order chi connectivity index (χ0) is 14.1. The Balaban J connectivity index is 4.75. The lowest BCUT2D eigenvalue weighted by Crippen LogP contribution is -2.32. The van der Waals surface area contributed by atoms with Crippen LogP contribution in [0.4, 0.5) is 0 Å². The molecule has 0 aliphatic carbocycles. The highest BCUT2D eigenvalue weighted by atomic mass is 16.2. The lowest BCUT2D eigenvalue weighted by atomic mass is 10.1. The molecule has 0 heterocycles. The van der Waals surface area contributed by atoms with Crippen molar-refractivity contribution < 1.29 is 9.59 Å². The lowest BCUT2D eigenvalue weighted by Gasteiger charge is -2.21. The summed E-state index contributed by atoms with van der Waals surface area (Å²) in [6.45, 7) is 11.2. The summed E-state index contributed by atoms with van der Waals surface area (Å²) >= 11 is 0. The van der Waals surface area contributed by atoms with Gasteiger partial charge in [-0.3, -0.25) is 9.59 Å². The van der Waals surface area contributed by atoms with E-state index in [1.807, 2.05) is 32.1 Å². The summed E-state index contributed by atoms with van der Waals surface area (Å²) in [5.41, 5.74) is 0.563. The molecule has 0 aromatic rings. The molecule has 1 unspecified atom stereocenters. The Hall–Kier alpha value is -1.64. The largest absolute Gasteiger partial charge is 0.306 e. The van der Waals surface area contributed by atoms with Gasteiger partial charge in [-0.2, -0.15) is 0 Å². The number of carbonyl (C=O) groups is 2. The fourth-order valence-electron chi connectivity index (χ4n) is 1.48. The van der Waals surface area contributed by atoms with E-state index in [9.17, 15) is 9.59 Å². The summed E-state index contributed by atoms with van der Waals surface area (Å²) in [5, 5.41) is 0. The summed E-state index contributed by atoms with van der Waals surface area (Å²) in [7, 11) is 0. The molecular formula is C15H23NO2. The number of amides is 1. The minimum Gasteiger partial charge on any atom is -0.306 e. The molecule has 0 radical (unpaired) electrons. The number of allylic oxidation sites excluding steroid dienone is 4. The van der Waals surface area contributed by atoms with E-state index in [1.54, 1.807) is 13.0 Å². The molecule has 0 aromatic carbocycles. The van der Waals surface area contributed by atoms with Crippen LogP contribution in [-0.2, 0) is 9.59 Å². The fourth-order valence-corrected chi connectivity index (χ4v) is 1.48. The molecule has 100 valence electrons. The van der Waals surface area contributed by atoms with Gasteiger partial charge in [0.25, 0.3) is 0 Å². The molecule has 0 rings (SSSR count). The van der Waals surface area contributed by atoms with Gasteiger partial charge in [-0.05, 0) is 25.8 Å². The monoisotopic (exact) mass is 249 g/mol. The van der Waals surface area contributed by atoms with Crippen molar-refractivity contribution in [1.82, 2.24) is 4.90 Å². The van der Waals surface area contributed by atoms with Crippen molar-refractivity contribution in [3.8, 4) is 0 Å². The predicted molar refractivity (Wildman–Crippen MR) is 74.9 cm³/mol. The highest BCUT2D eigenvalue weighted by Crippen LogP contribution is 2.09. The van der Waals surface area contributed by atoms with Crippen LogP contribution in [0.25, 0.3) is 0 Å². The second-order valence-electron chi connectivity index (χ2n) is 4.27. The molecule has 0 N–H and O–H groups in total. The number of hydrogen-bond acceptors (Lipinski definition) is 2. The van der Waals surface area contributed by atoms with Crippen LogP contribution >= 0.6 is 0 Å². The van der Waals surface area contributed by atoms with Crippen molar-refractivity contribution >= 4 is 11.7 Å². The SMILES string of the molecule is C=C(C=CC(C)/C=C\C)N(CC(C)=O)C(=O)CC. The van der Waals surface area contributed by atoms with Gasteiger partial charge in [0.2, 0.25) is 5.91 Å². The molecule has 1 atom stereocenters. The number of hydrogen-bond donors (Lipinski definition) is 0. The van der Waals surface area contributed by atoms with E-state index in [0.717, 1.165) is 0 Å². The summed E-state index contributed by atoms with van der Waals surface area (Å²) < 4.78 is 0. The van der Waals surface area contributed by atoms with Crippen LogP contribution in [0.5, 0.6) is 0 Å². The standard InChI is InChI=1S/C15H23NO2/c1-6-8-12(3)9-10-13(4)16(11-14(5)17)15(18)7-2/h6,8-10,12H,4,7,11H2,1-3,5H3/b8-6-,10-9?. The van der Waals surface area contributed by atoms with Crippen molar-refractivity contribution in [3.05, 3.63) is 36.6 Å². The first-order valence-corrected chi connectivity index (χ1v) is 6.22. The van der Waals surface area contributed by atoms with Crippen LogP contribution in [0.1, 0.15) is 34.1 Å². The maximum Gasteiger partial charge on any atom is 0.227 e. The number of rotatable bonds is 7. The van der Waals surface area contributed by atoms with Gasteiger partial charge in [0.15, 0.2) is 0 Å². The first-order chi connectivity index (χ1) is 8.42. The van der Waals surface area contributed by atoms with Gasteiger partial charge in [-0.15, -0.1) is 0 Å². The van der Waals surface area contributed by atoms with E-state index in [4.69, 9.17) is 0 Å². The molecule has 18 heavy (non-hydrogen) atoms. The Labute approximate surface area is 110 Å². The molecule has 3 nitrogen and oxygen atoms in total. The third kappa shape index (κ3) is 6.18. The lowest BCUT2D eigenvalue weighted by molar-refractivity contribution is -0.132. The summed E-state index contributed by atoms with van der Waals surface area (Å²) in [4.78, 5) is 24.3. The summed E-state index contributed by atoms with van der Waals surface area (Å²) in [6, 6.07) is 0. The molecule has 1 amide bonds. The molecule has 0 aliphatic rings. The van der Waals surface area contributed by atoms with E-state index >= 15 is 0 Å². The third-order valence-electron chi connectivity index (χ3n) is 2.42. The predicted octanol–water partition coefficient (Wildman–Crippen LogP) is 3.10. The molecule has 0 fully saturated rings. The third-order valence-corrected chi connectivity index (χ3v) is 2.42. The first kappa shape index (κ1) is 16.4. The average molecular weight is 249 g/mol. The van der Waals surface area contributed by atoms with Crippen LogP contribution in [0.2, 0.25) is 0 Å². The van der Waals surface area contributed by atoms with E-state index in [0.29, 0.717) is 12.1 Å². The van der Waals surface area contributed by atoms with Crippen LogP contribution in [0.15, 0.2) is 36.6 Å². The summed E-state index contributed by atoms with van der Waals surface area (Å²) in [5.74, 6) is 0.147. The van der Waals surface area contributed by atoms with Gasteiger partial charge in [0.05, 0.1) is 6.54 Å². The van der Waals surface area contributed by atoms with Crippen LogP contribution < -0.4 is 0 Å². The maximum atomic E-state index is 11.7. The number of Topliss-reactive ketones (excluding diaryl/α,β-unsaturated/α-hetero) is 1. The number of ketones is 1. The Kier molecular flexibility index (Phi) is 7.68. The molecule has 3 heteroatoms. The second-order valence-corrected chi connectivity index (χ2v) is 4.27. The topological polar surface area (TPSA) is 37.4 Å². The molecule has 0 spiro atoms. The van der Waals surface area contributed by atoms with E-state index in [-0.39, 0.29) is 24.2 Å². The highest BCUT2D eigenvalue weighted by molar-refractivity contribution is 5.86. The van der Waals surface area contributed by atoms with Crippen molar-refractivity contribution in [2.24, 2.45) is 5.92 Å². The van der Waals surface area contributed by atoms with Gasteiger partial charge in [-0.1, -0.05) is 38.7 Å². The smallest absolute Gasteiger partial charge is 0.227 e. The maximum absolute atomic E-state index is 11.7. The molecular weight excluding hydrogens is 226 g/mol. The minimum atomic E-state index is -0.0847. The highest BCUT2D eigenvalue weighted by Gasteiger charge is 2.14. The van der Waals surface area contributed by atoms with Crippen molar-refractivity contribution in [2.75, 3.05) is 6.54 Å². The summed E-state index contributed by atoms with van der Waals surface area (Å²) in [6.07, 6.45) is 8.13. The minimum absolute atomic E-state index is 0.0483. The van der Waals surface area contributed by atoms with Crippen LogP contribution in [0, 0.1) is 5.92 Å². The molecule has 0 saturated carbocycles. The Morgan fingerprint density at radius 3 is 2.39 bits per heavy atom. The molecule has 0 saturated heterocycles. The molecule has 0 bridgehead atoms. The Morgan fingerprint density at radius 2 is 1.94 bits per heavy atom. The van der Waals surface area contributed by atoms with Gasteiger partial charge < -0.3 is 4.90 Å². The van der Waals surface area contributed by atoms with Crippen LogP contribution in [0.3, 0.4) is 0 Å². The van der Waals surface area contributed by atoms with Crippen LogP contribution in [-0.4, -0.2) is 23.1 Å². The van der Waals surface area contributed by atoms with Gasteiger partial charge in [-0.25, -0.2) is 0 Å². The number of carbonyl (C=O) groups excluding carboxylic acids is 2. The van der Waals surface area contributed by atoms with E-state index in [2.05, 4.69) is 6.58 Å². The fraction of sp³-hybridized carbons (Fsp3) is 0.467. The van der Waals surface area contributed by atoms with Gasteiger partial charge in [0.1, 0.15) is 5.78 Å². The first-order valence-electron chi connectivity index (χ1n) is 6.22. The van der Waals surface area contributed by atoms with Crippen molar-refractivity contribution in [1.29, 1.82) is 0 Å². The van der Waals surface area contributed by atoms with Gasteiger partial charge >= 0.3 is 0 Å². The second kappa shape index (κ2) is 8.45. The zero-order valence-electron chi connectivity index (χ0n) is 11.8. The van der Waals surface area contributed by atoms with E-state index < -0.39 is 0 Å². The average Bonchev–Trinajstić information content (AvgIpc) is 2.32. The quantitative estimate of drug-likeness (QED) is 0.513. The molecule has 0 aliphatic heterocycles. The Bertz CT molecular complexity index is 367. The van der Waals surface area contributed by atoms with Crippen molar-refractivity contribution in [3.63, 3.8) is 0 Å². The molecule has 0 aromatic heterocycles. The normalized spacial score (nSPS) is 12.9. The van der Waals surface area contributed by atoms with Crippen molar-refractivity contribution in [2.45, 2.75) is 34.1 Å². The Morgan fingerprint density at radius 1 is 1.33 bits per heavy atom.